The van der Waals surface area contributed by atoms with E-state index in [1.54, 1.807) is 42.2 Å². The van der Waals surface area contributed by atoms with Gasteiger partial charge in [0.1, 0.15) is 24.7 Å². The molecule has 61 heavy (non-hydrogen) atoms. The van der Waals surface area contributed by atoms with Crippen LogP contribution >= 0.6 is 35.3 Å². The van der Waals surface area contributed by atoms with Gasteiger partial charge in [-0.05, 0) is 159 Å². The first-order chi connectivity index (χ1) is 29.9. The summed E-state index contributed by atoms with van der Waals surface area (Å²) in [6.07, 6.45) is 6.21. The molecule has 0 heterocycles. The summed E-state index contributed by atoms with van der Waals surface area (Å²) in [5.41, 5.74) is 0.780. The van der Waals surface area contributed by atoms with Crippen molar-refractivity contribution in [2.24, 2.45) is 0 Å². The van der Waals surface area contributed by atoms with E-state index in [4.69, 9.17) is 19.7 Å². The Hall–Kier alpha value is -4.52. The van der Waals surface area contributed by atoms with Crippen LogP contribution < -0.4 is 9.47 Å². The van der Waals surface area contributed by atoms with Gasteiger partial charge in [0, 0.05) is 20.2 Å². The van der Waals surface area contributed by atoms with Crippen molar-refractivity contribution in [3.63, 3.8) is 0 Å². The average Bonchev–Trinajstić information content (AvgIpc) is 3.33. The van der Waals surface area contributed by atoms with Crippen LogP contribution in [0.4, 0.5) is 0 Å². The highest BCUT2D eigenvalue weighted by molar-refractivity contribution is 7.99. The highest BCUT2D eigenvalue weighted by atomic mass is 32.2. The fourth-order valence-electron chi connectivity index (χ4n) is 5.85. The quantitative estimate of drug-likeness (QED) is 0.0564. The van der Waals surface area contributed by atoms with Crippen molar-refractivity contribution in [1.82, 2.24) is 0 Å². The normalized spacial score (nSPS) is 10.6. The van der Waals surface area contributed by atoms with E-state index in [2.05, 4.69) is 146 Å². The fourth-order valence-corrected chi connectivity index (χ4v) is 11.2. The molecule has 0 atom stereocenters. The number of thioether (sulfide) groups is 3. The maximum atomic E-state index is 10.8. The Morgan fingerprint density at radius 3 is 0.984 bits per heavy atom. The second-order valence-corrected chi connectivity index (χ2v) is 19.7. The fraction of sp³-hybridized carbons (Fsp3) is 0.157. The smallest absolute Gasteiger partial charge is 0.166 e. The average molecular weight is 905 g/mol. The molecule has 5 nitrogen and oxygen atoms in total. The predicted octanol–water partition coefficient (Wildman–Crippen LogP) is 12.4. The number of ether oxygens (including phenoxy) is 2. The van der Waals surface area contributed by atoms with E-state index in [0.29, 0.717) is 0 Å². The monoisotopic (exact) mass is 904 g/mol. The molecule has 0 amide bonds. The maximum absolute atomic E-state index is 10.8. The molecule has 2 N–H and O–H groups in total. The number of Topliss-reactive ketones (excluding diaryl/α,β-unsaturated/α-hetero) is 1. The van der Waals surface area contributed by atoms with Gasteiger partial charge in [-0.1, -0.05) is 48.5 Å². The highest BCUT2D eigenvalue weighted by Gasteiger charge is 2.29. The van der Waals surface area contributed by atoms with Gasteiger partial charge in [-0.2, -0.15) is 0 Å². The summed E-state index contributed by atoms with van der Waals surface area (Å²) in [4.78, 5) is 22.3. The Morgan fingerprint density at radius 2 is 0.705 bits per heavy atom. The third-order valence-electron chi connectivity index (χ3n) is 8.88. The number of carbonyl (C=O) groups is 1. The zero-order valence-electron chi connectivity index (χ0n) is 34.8. The molecule has 314 valence electrons. The van der Waals surface area contributed by atoms with Gasteiger partial charge in [0.15, 0.2) is 35.2 Å². The van der Waals surface area contributed by atoms with Gasteiger partial charge in [-0.15, -0.1) is 35.3 Å². The maximum Gasteiger partial charge on any atom is 0.166 e. The summed E-state index contributed by atoms with van der Waals surface area (Å²) < 4.78 is 11.0. The predicted molar refractivity (Wildman–Crippen MR) is 260 cm³/mol. The van der Waals surface area contributed by atoms with Crippen molar-refractivity contribution >= 4 is 62.9 Å². The summed E-state index contributed by atoms with van der Waals surface area (Å²) in [7, 11) is -0.306. The van der Waals surface area contributed by atoms with E-state index in [1.807, 2.05) is 54.8 Å². The minimum atomic E-state index is -0.272. The molecule has 7 rings (SSSR count). The molecule has 0 aliphatic heterocycles. The van der Waals surface area contributed by atoms with Gasteiger partial charge in [0.05, 0.1) is 35.0 Å². The van der Waals surface area contributed by atoms with Crippen molar-refractivity contribution in [2.45, 2.75) is 51.0 Å². The lowest BCUT2D eigenvalue weighted by molar-refractivity contribution is 0.101. The van der Waals surface area contributed by atoms with Crippen LogP contribution in [0.1, 0.15) is 17.3 Å². The number of hydrogen-bond donors (Lipinski definition) is 2. The Kier molecular flexibility index (Phi) is 20.3. The van der Waals surface area contributed by atoms with Gasteiger partial charge in [-0.25, -0.2) is 0 Å². The van der Waals surface area contributed by atoms with Crippen molar-refractivity contribution in [1.29, 1.82) is 0 Å². The molecule has 0 bridgehead atoms. The zero-order chi connectivity index (χ0) is 43.2. The number of aliphatic hydroxyl groups is 2. The molecule has 0 aliphatic carbocycles. The molecular weight excluding hydrogens is 853 g/mol. The minimum Gasteiger partial charge on any atom is -0.491 e. The van der Waals surface area contributed by atoms with Gasteiger partial charge in [0.2, 0.25) is 0 Å². The summed E-state index contributed by atoms with van der Waals surface area (Å²) in [5, 5.41) is 17.9. The lowest BCUT2D eigenvalue weighted by Crippen LogP contribution is -2.06. The molecule has 0 unspecified atom stereocenters. The van der Waals surface area contributed by atoms with Gasteiger partial charge in [0.25, 0.3) is 0 Å². The Balaban J connectivity index is 0.000000191. The van der Waals surface area contributed by atoms with Crippen LogP contribution in [0.3, 0.4) is 0 Å². The summed E-state index contributed by atoms with van der Waals surface area (Å²) in [6, 6.07) is 62.8. The van der Waals surface area contributed by atoms with Crippen LogP contribution in [0.2, 0.25) is 0 Å². The number of hydrogen-bond acceptors (Lipinski definition) is 8. The van der Waals surface area contributed by atoms with Crippen LogP contribution in [0, 0.1) is 0 Å². The van der Waals surface area contributed by atoms with Crippen molar-refractivity contribution in [2.75, 3.05) is 45.2 Å². The molecule has 0 radical (unpaired) electrons. The zero-order valence-corrected chi connectivity index (χ0v) is 38.9. The number of aliphatic hydroxyl groups excluding tert-OH is 2. The lowest BCUT2D eigenvalue weighted by Gasteiger charge is -2.11. The van der Waals surface area contributed by atoms with Crippen LogP contribution in [-0.4, -0.2) is 61.2 Å². The van der Waals surface area contributed by atoms with E-state index in [-0.39, 0.29) is 54.0 Å². The second kappa shape index (κ2) is 26.1. The molecule has 0 aromatic heterocycles. The number of ketones is 1. The van der Waals surface area contributed by atoms with Gasteiger partial charge < -0.3 is 19.7 Å². The Bertz CT molecular complexity index is 2200. The second-order valence-electron chi connectivity index (χ2n) is 13.0. The highest BCUT2D eigenvalue weighted by Crippen LogP contribution is 2.35. The van der Waals surface area contributed by atoms with E-state index < -0.39 is 0 Å². The Labute approximate surface area is 380 Å². The number of carbonyl (C=O) groups excluding carboxylic acids is 1. The van der Waals surface area contributed by atoms with E-state index >= 15 is 0 Å². The largest absolute Gasteiger partial charge is 0.491 e. The minimum absolute atomic E-state index is 0.00137. The van der Waals surface area contributed by atoms with Crippen molar-refractivity contribution in [3.05, 3.63) is 188 Å². The van der Waals surface area contributed by atoms with E-state index in [1.165, 1.54) is 44.1 Å². The molecule has 7 aromatic carbocycles. The standard InChI is InChI=1S/C23H25O4S2.C19H17S2.C9H10OS/c1-28-20-6-12-23(13-7-20)29(21-8-2-18(3-9-21)26-16-14-24)22-10-4-19(5-11-22)27-17-15-25;1-20-16-12-14-19(15-13-16)21(17-8-4-2-5-9-17)18-10-6-3-7-11-18;1-7(10)8-3-5-9(11-2)6-4-8/h2-13,24-25H,14-17H2,1H3;2-15H,1H3;3-6H,1-2H3/q2*+1;. The third kappa shape index (κ3) is 14.8. The molecule has 10 heteroatoms. The van der Waals surface area contributed by atoms with Crippen LogP contribution in [0.5, 0.6) is 11.5 Å². The molecule has 0 saturated heterocycles. The summed E-state index contributed by atoms with van der Waals surface area (Å²) in [5.74, 6) is 1.62. The molecular formula is C51H52O5S5+2. The van der Waals surface area contributed by atoms with Crippen molar-refractivity contribution < 1.29 is 24.5 Å². The van der Waals surface area contributed by atoms with E-state index in [9.17, 15) is 4.79 Å². The first kappa shape index (κ1) is 47.5. The lowest BCUT2D eigenvalue weighted by atomic mass is 10.2. The van der Waals surface area contributed by atoms with Crippen molar-refractivity contribution in [3.8, 4) is 11.5 Å². The van der Waals surface area contributed by atoms with Crippen LogP contribution in [0.25, 0.3) is 0 Å². The number of rotatable bonds is 16. The molecule has 7 aromatic rings. The topological polar surface area (TPSA) is 76.0 Å². The summed E-state index contributed by atoms with van der Waals surface area (Å²) in [6.45, 7) is 2.15. The summed E-state index contributed by atoms with van der Waals surface area (Å²) >= 11 is 5.19. The first-order valence-corrected chi connectivity index (χ1v) is 25.7. The Morgan fingerprint density at radius 1 is 0.426 bits per heavy atom. The van der Waals surface area contributed by atoms with Gasteiger partial charge in [-0.3, -0.25) is 4.79 Å². The molecule has 0 spiro atoms. The molecule has 0 fully saturated rings. The SMILES string of the molecule is CSc1ccc(C(C)=O)cc1.CSc1ccc([S+](c2ccc(OCCO)cc2)c2ccc(OCCO)cc2)cc1.CSc1ccc([S+](c2ccccc2)c2ccccc2)cc1. The van der Waals surface area contributed by atoms with E-state index in [0.717, 1.165) is 17.1 Å². The third-order valence-corrected chi connectivity index (χ3v) is 15.6. The molecule has 0 saturated carbocycles. The van der Waals surface area contributed by atoms with Crippen LogP contribution in [-0.2, 0) is 21.8 Å². The molecule has 0 aliphatic rings. The first-order valence-electron chi connectivity index (χ1n) is 19.6. The van der Waals surface area contributed by atoms with Crippen LogP contribution in [0.15, 0.2) is 226 Å². The van der Waals surface area contributed by atoms with Gasteiger partial charge >= 0.3 is 0 Å². The number of benzene rings is 7.